The van der Waals surface area contributed by atoms with Crippen molar-refractivity contribution in [3.63, 3.8) is 0 Å². The molecule has 3 N–H and O–H groups in total. The Morgan fingerprint density at radius 3 is 2.20 bits per heavy atom. The van der Waals surface area contributed by atoms with E-state index in [0.29, 0.717) is 40.1 Å². The summed E-state index contributed by atoms with van der Waals surface area (Å²) in [5.74, 6) is -1.17. The topological polar surface area (TPSA) is 122 Å². The first kappa shape index (κ1) is 34.7. The van der Waals surface area contributed by atoms with E-state index in [9.17, 15) is 18.0 Å². The van der Waals surface area contributed by atoms with Crippen LogP contribution in [0.25, 0.3) is 11.1 Å². The molecule has 0 aliphatic rings. The Morgan fingerprint density at radius 2 is 1.59 bits per heavy atom. The van der Waals surface area contributed by atoms with Gasteiger partial charge in [0.05, 0.1) is 11.7 Å². The van der Waals surface area contributed by atoms with Gasteiger partial charge in [-0.25, -0.2) is 0 Å². The average molecular weight is 682 g/mol. The third kappa shape index (κ3) is 10.5. The minimum Gasteiger partial charge on any atom is -0.490 e. The molecule has 0 radical (unpaired) electrons. The number of allylic oxidation sites excluding steroid dienone is 1. The molecule has 0 aromatic heterocycles. The van der Waals surface area contributed by atoms with Crippen molar-refractivity contribution in [1.82, 2.24) is 5.32 Å². The number of carbonyl (C=O) groups excluding carboxylic acids is 2. The summed E-state index contributed by atoms with van der Waals surface area (Å²) >= 11 is 12.4. The zero-order chi connectivity index (χ0) is 33.3. The van der Waals surface area contributed by atoms with Gasteiger partial charge in [0.15, 0.2) is 0 Å². The molecule has 0 aliphatic carbocycles. The van der Waals surface area contributed by atoms with Crippen LogP contribution in [0.3, 0.4) is 0 Å². The second kappa shape index (κ2) is 15.9. The second-order valence-electron chi connectivity index (χ2n) is 10.8. The van der Waals surface area contributed by atoms with Crippen LogP contribution in [-0.4, -0.2) is 43.7 Å². The highest BCUT2D eigenvalue weighted by atomic mass is 35.5. The molecule has 4 rings (SSSR count). The number of benzene rings is 4. The van der Waals surface area contributed by atoms with Crippen molar-refractivity contribution >= 4 is 50.8 Å². The van der Waals surface area contributed by atoms with Crippen molar-refractivity contribution in [3.05, 3.63) is 129 Å². The van der Waals surface area contributed by atoms with Crippen LogP contribution in [0.4, 0.5) is 5.69 Å². The van der Waals surface area contributed by atoms with Gasteiger partial charge in [0.2, 0.25) is 5.91 Å². The van der Waals surface area contributed by atoms with Gasteiger partial charge in [-0.3, -0.25) is 14.1 Å². The maximum absolute atomic E-state index is 13.8. The summed E-state index contributed by atoms with van der Waals surface area (Å²) in [6, 6.07) is 26.8. The van der Waals surface area contributed by atoms with Crippen LogP contribution >= 0.6 is 23.2 Å². The predicted octanol–water partition coefficient (Wildman–Crippen LogP) is 7.59. The first-order valence-corrected chi connectivity index (χ1v) is 16.8. The quantitative estimate of drug-likeness (QED) is 0.0988. The van der Waals surface area contributed by atoms with Crippen LogP contribution < -0.4 is 15.4 Å². The fourth-order valence-electron chi connectivity index (χ4n) is 4.57. The fraction of sp³-hybridized carbons (Fsp3) is 0.200. The number of carbonyl (C=O) groups is 2. The molecule has 1 atom stereocenters. The van der Waals surface area contributed by atoms with Gasteiger partial charge < -0.3 is 15.4 Å². The summed E-state index contributed by atoms with van der Waals surface area (Å²) in [5.41, 5.74) is 5.38. The first-order valence-electron chi connectivity index (χ1n) is 14.4. The third-order valence-corrected chi connectivity index (χ3v) is 8.30. The Hall–Kier alpha value is -4.15. The molecule has 8 nitrogen and oxygen atoms in total. The van der Waals surface area contributed by atoms with Crippen molar-refractivity contribution in [2.24, 2.45) is 0 Å². The van der Waals surface area contributed by atoms with Crippen LogP contribution in [0, 0.1) is 0 Å². The minimum atomic E-state index is -4.18. The zero-order valence-electron chi connectivity index (χ0n) is 25.3. The summed E-state index contributed by atoms with van der Waals surface area (Å²) in [7, 11) is -4.18. The summed E-state index contributed by atoms with van der Waals surface area (Å²) in [5, 5.41) is 6.56. The van der Waals surface area contributed by atoms with E-state index in [0.717, 1.165) is 27.8 Å². The molecule has 2 amide bonds. The van der Waals surface area contributed by atoms with Crippen LogP contribution in [0.15, 0.2) is 103 Å². The SMILES string of the molecule is CC(C)=CCOc1ccc(C(Cc2ccc(C(=O)NCCS(=O)(=O)O)cc2)C(=O)Nc2ccc(-c3ccc(Cl)cc3Cl)cc2)cc1. The van der Waals surface area contributed by atoms with Gasteiger partial charge in [-0.05, 0) is 91.6 Å². The summed E-state index contributed by atoms with van der Waals surface area (Å²) in [6.45, 7) is 4.22. The number of anilines is 1. The summed E-state index contributed by atoms with van der Waals surface area (Å²) in [6.07, 6.45) is 2.32. The lowest BCUT2D eigenvalue weighted by atomic mass is 9.90. The number of rotatable bonds is 13. The molecule has 1 unspecified atom stereocenters. The number of hydrogen-bond acceptors (Lipinski definition) is 5. The van der Waals surface area contributed by atoms with E-state index in [1.54, 1.807) is 36.4 Å². The van der Waals surface area contributed by atoms with Gasteiger partial charge in [-0.1, -0.05) is 71.2 Å². The Labute approximate surface area is 279 Å². The van der Waals surface area contributed by atoms with Crippen LogP contribution in [0.5, 0.6) is 5.75 Å². The molecule has 0 saturated carbocycles. The fourth-order valence-corrected chi connectivity index (χ4v) is 5.45. The predicted molar refractivity (Wildman–Crippen MR) is 184 cm³/mol. The molecule has 0 aliphatic heterocycles. The van der Waals surface area contributed by atoms with E-state index in [1.165, 1.54) is 0 Å². The van der Waals surface area contributed by atoms with Gasteiger partial charge in [-0.15, -0.1) is 0 Å². The molecule has 0 fully saturated rings. The second-order valence-corrected chi connectivity index (χ2v) is 13.3. The maximum Gasteiger partial charge on any atom is 0.266 e. The maximum atomic E-state index is 13.8. The van der Waals surface area contributed by atoms with E-state index in [2.05, 4.69) is 10.6 Å². The third-order valence-electron chi connectivity index (χ3n) is 7.04. The standard InChI is InChI=1S/C35H34Cl2N2O6S/c1-23(2)17-19-45-30-14-9-26(10-15-30)32(21-24-3-5-27(6-4-24)34(40)38-18-20-46(42,43)44)35(41)39-29-12-7-25(8-13-29)31-16-11-28(36)22-33(31)37/h3-17,22,32H,18-21H2,1-2H3,(H,38,40)(H,39,41)(H,42,43,44). The number of halogens is 2. The molecule has 0 spiro atoms. The highest BCUT2D eigenvalue weighted by molar-refractivity contribution is 7.85. The van der Waals surface area contributed by atoms with Gasteiger partial charge in [0, 0.05) is 33.4 Å². The Kier molecular flexibility index (Phi) is 12.0. The summed E-state index contributed by atoms with van der Waals surface area (Å²) in [4.78, 5) is 26.2. The van der Waals surface area contributed by atoms with Crippen LogP contribution in [0.1, 0.15) is 41.3 Å². The number of nitrogens with one attached hydrogen (secondary N) is 2. The molecule has 0 bridgehead atoms. The highest BCUT2D eigenvalue weighted by Crippen LogP contribution is 2.32. The molecular formula is C35H34Cl2N2O6S. The lowest BCUT2D eigenvalue weighted by Gasteiger charge is -2.19. The molecule has 4 aromatic carbocycles. The molecule has 0 heterocycles. The van der Waals surface area contributed by atoms with Gasteiger partial charge in [0.1, 0.15) is 12.4 Å². The number of amides is 2. The van der Waals surface area contributed by atoms with Crippen molar-refractivity contribution < 1.29 is 27.3 Å². The van der Waals surface area contributed by atoms with E-state index >= 15 is 0 Å². The van der Waals surface area contributed by atoms with E-state index < -0.39 is 27.7 Å². The van der Waals surface area contributed by atoms with Crippen molar-refractivity contribution in [2.45, 2.75) is 26.2 Å². The molecule has 11 heteroatoms. The Balaban J connectivity index is 1.52. The van der Waals surface area contributed by atoms with Crippen LogP contribution in [0.2, 0.25) is 10.0 Å². The van der Waals surface area contributed by atoms with E-state index in [4.69, 9.17) is 32.5 Å². The Morgan fingerprint density at radius 1 is 0.913 bits per heavy atom. The summed E-state index contributed by atoms with van der Waals surface area (Å²) < 4.78 is 36.5. The molecule has 240 valence electrons. The van der Waals surface area contributed by atoms with E-state index in [1.807, 2.05) is 74.5 Å². The molecule has 0 saturated heterocycles. The number of hydrogen-bond donors (Lipinski definition) is 3. The highest BCUT2D eigenvalue weighted by Gasteiger charge is 2.22. The smallest absolute Gasteiger partial charge is 0.266 e. The lowest BCUT2D eigenvalue weighted by molar-refractivity contribution is -0.117. The average Bonchev–Trinajstić information content (AvgIpc) is 3.00. The largest absolute Gasteiger partial charge is 0.490 e. The lowest BCUT2D eigenvalue weighted by Crippen LogP contribution is -2.28. The minimum absolute atomic E-state index is 0.219. The monoisotopic (exact) mass is 680 g/mol. The van der Waals surface area contributed by atoms with Crippen LogP contribution in [-0.2, 0) is 21.3 Å². The molecule has 46 heavy (non-hydrogen) atoms. The molecule has 4 aromatic rings. The van der Waals surface area contributed by atoms with Crippen molar-refractivity contribution in [3.8, 4) is 16.9 Å². The zero-order valence-corrected chi connectivity index (χ0v) is 27.6. The first-order chi connectivity index (χ1) is 21.9. The number of ether oxygens (including phenoxy) is 1. The molecular weight excluding hydrogens is 647 g/mol. The van der Waals surface area contributed by atoms with Gasteiger partial charge >= 0.3 is 0 Å². The van der Waals surface area contributed by atoms with Crippen molar-refractivity contribution in [1.29, 1.82) is 0 Å². The van der Waals surface area contributed by atoms with Gasteiger partial charge in [0.25, 0.3) is 16.0 Å². The van der Waals surface area contributed by atoms with Gasteiger partial charge in [-0.2, -0.15) is 8.42 Å². The Bertz CT molecular complexity index is 1800. The normalized spacial score (nSPS) is 11.8. The van der Waals surface area contributed by atoms with E-state index in [-0.39, 0.29) is 12.5 Å². The van der Waals surface area contributed by atoms with Crippen molar-refractivity contribution in [2.75, 3.05) is 24.2 Å².